The highest BCUT2D eigenvalue weighted by atomic mass is 79.9. The van der Waals surface area contributed by atoms with E-state index in [1.165, 1.54) is 12.1 Å². The predicted molar refractivity (Wildman–Crippen MR) is 137 cm³/mol. The van der Waals surface area contributed by atoms with E-state index in [4.69, 9.17) is 23.2 Å². The lowest BCUT2D eigenvalue weighted by atomic mass is 10.1. The number of sulfonamides is 1. The van der Waals surface area contributed by atoms with E-state index in [-0.39, 0.29) is 18.0 Å². The number of halogens is 3. The summed E-state index contributed by atoms with van der Waals surface area (Å²) in [6.45, 7) is 3.42. The van der Waals surface area contributed by atoms with E-state index >= 15 is 0 Å². The van der Waals surface area contributed by atoms with Gasteiger partial charge >= 0.3 is 0 Å². The summed E-state index contributed by atoms with van der Waals surface area (Å²) in [7, 11) is -3.97. The van der Waals surface area contributed by atoms with E-state index in [2.05, 4.69) is 21.2 Å². The summed E-state index contributed by atoms with van der Waals surface area (Å²) in [6, 6.07) is 16.7. The van der Waals surface area contributed by atoms with Crippen LogP contribution in [0.1, 0.15) is 23.6 Å². The van der Waals surface area contributed by atoms with Crippen LogP contribution in [-0.2, 0) is 27.8 Å². The zero-order valence-electron chi connectivity index (χ0n) is 18.1. The van der Waals surface area contributed by atoms with Gasteiger partial charge in [0.05, 0.1) is 11.4 Å². The smallest absolute Gasteiger partial charge is 0.243 e. The molecule has 0 aliphatic heterocycles. The van der Waals surface area contributed by atoms with E-state index in [9.17, 15) is 13.2 Å². The lowest BCUT2D eigenvalue weighted by molar-refractivity contribution is -0.116. The minimum Gasteiger partial charge on any atom is -0.324 e. The molecule has 0 atom stereocenters. The Bertz CT molecular complexity index is 1270. The number of carbonyl (C=O) groups is 1. The summed E-state index contributed by atoms with van der Waals surface area (Å²) in [5, 5.41) is 3.67. The van der Waals surface area contributed by atoms with Crippen molar-refractivity contribution in [2.24, 2.45) is 0 Å². The van der Waals surface area contributed by atoms with Gasteiger partial charge in [0.2, 0.25) is 15.9 Å². The first kappa shape index (κ1) is 25.7. The van der Waals surface area contributed by atoms with Crippen molar-refractivity contribution in [2.45, 2.75) is 31.7 Å². The molecule has 0 aliphatic rings. The van der Waals surface area contributed by atoms with Crippen molar-refractivity contribution in [1.29, 1.82) is 0 Å². The molecule has 0 spiro atoms. The molecule has 3 rings (SSSR count). The van der Waals surface area contributed by atoms with Crippen LogP contribution < -0.4 is 5.32 Å². The van der Waals surface area contributed by atoms with Crippen molar-refractivity contribution < 1.29 is 13.2 Å². The summed E-state index contributed by atoms with van der Waals surface area (Å²) in [5.41, 5.74) is 3.07. The third-order valence-corrected chi connectivity index (χ3v) is 7.94. The minimum atomic E-state index is -3.97. The van der Waals surface area contributed by atoms with E-state index in [0.29, 0.717) is 27.7 Å². The number of hydrogen-bond acceptors (Lipinski definition) is 3. The van der Waals surface area contributed by atoms with Crippen LogP contribution in [0.4, 0.5) is 5.69 Å². The number of carbonyl (C=O) groups excluding carboxylic acids is 1. The molecule has 0 fully saturated rings. The van der Waals surface area contributed by atoms with Gasteiger partial charge in [-0.2, -0.15) is 4.31 Å². The van der Waals surface area contributed by atoms with Gasteiger partial charge < -0.3 is 5.32 Å². The SMILES string of the molecule is CCc1cc(Br)cc(C)c1NC(=O)CN(Cc1ccc(Cl)cc1Cl)S(=O)(=O)c1ccccc1. The van der Waals surface area contributed by atoms with Gasteiger partial charge in [0.25, 0.3) is 0 Å². The van der Waals surface area contributed by atoms with Crippen molar-refractivity contribution in [3.63, 3.8) is 0 Å². The molecule has 5 nitrogen and oxygen atoms in total. The number of amides is 1. The second-order valence-electron chi connectivity index (χ2n) is 7.48. The first-order valence-corrected chi connectivity index (χ1v) is 13.2. The van der Waals surface area contributed by atoms with Crippen LogP contribution in [-0.4, -0.2) is 25.2 Å². The van der Waals surface area contributed by atoms with E-state index in [0.717, 1.165) is 19.9 Å². The normalized spacial score (nSPS) is 11.6. The molecule has 33 heavy (non-hydrogen) atoms. The highest BCUT2D eigenvalue weighted by Gasteiger charge is 2.28. The number of benzene rings is 3. The fraction of sp³-hybridized carbons (Fsp3) is 0.208. The summed E-state index contributed by atoms with van der Waals surface area (Å²) >= 11 is 15.8. The maximum absolute atomic E-state index is 13.4. The number of nitrogens with one attached hydrogen (secondary N) is 1. The van der Waals surface area contributed by atoms with Crippen LogP contribution in [0.15, 0.2) is 70.0 Å². The molecule has 1 N–H and O–H groups in total. The Labute approximate surface area is 212 Å². The number of rotatable bonds is 8. The van der Waals surface area contributed by atoms with Crippen LogP contribution in [0.5, 0.6) is 0 Å². The van der Waals surface area contributed by atoms with E-state index in [1.54, 1.807) is 36.4 Å². The second-order valence-corrected chi connectivity index (χ2v) is 11.2. The Morgan fingerprint density at radius 3 is 2.36 bits per heavy atom. The summed E-state index contributed by atoms with van der Waals surface area (Å²) < 4.78 is 28.9. The van der Waals surface area contributed by atoms with Crippen molar-refractivity contribution >= 4 is 60.7 Å². The Morgan fingerprint density at radius 1 is 1.03 bits per heavy atom. The molecule has 0 aromatic heterocycles. The molecular weight excluding hydrogens is 547 g/mol. The molecule has 0 radical (unpaired) electrons. The fourth-order valence-electron chi connectivity index (χ4n) is 3.42. The molecule has 0 bridgehead atoms. The predicted octanol–water partition coefficient (Wildman–Crippen LogP) is 6.46. The van der Waals surface area contributed by atoms with Crippen molar-refractivity contribution in [2.75, 3.05) is 11.9 Å². The average molecular weight is 570 g/mol. The van der Waals surface area contributed by atoms with E-state index < -0.39 is 15.9 Å². The molecule has 0 saturated carbocycles. The van der Waals surface area contributed by atoms with Gasteiger partial charge in [-0.1, -0.05) is 70.3 Å². The Kier molecular flexibility index (Phi) is 8.59. The van der Waals surface area contributed by atoms with Gasteiger partial charge in [0, 0.05) is 26.8 Å². The summed E-state index contributed by atoms with van der Waals surface area (Å²) in [5.74, 6) is -0.445. The minimum absolute atomic E-state index is 0.0827. The maximum Gasteiger partial charge on any atom is 0.243 e. The van der Waals surface area contributed by atoms with Crippen LogP contribution in [0, 0.1) is 6.92 Å². The quantitative estimate of drug-likeness (QED) is 0.339. The maximum atomic E-state index is 13.4. The molecule has 1 amide bonds. The van der Waals surface area contributed by atoms with Crippen molar-refractivity contribution in [1.82, 2.24) is 4.31 Å². The number of aryl methyl sites for hydroxylation is 2. The second kappa shape index (κ2) is 11.0. The molecule has 3 aromatic carbocycles. The lowest BCUT2D eigenvalue weighted by Gasteiger charge is -2.23. The van der Waals surface area contributed by atoms with Gasteiger partial charge in [-0.3, -0.25) is 4.79 Å². The largest absolute Gasteiger partial charge is 0.324 e. The first-order valence-electron chi connectivity index (χ1n) is 10.2. The third kappa shape index (κ3) is 6.37. The van der Waals surface area contributed by atoms with Gasteiger partial charge in [-0.05, 0) is 66.4 Å². The summed E-state index contributed by atoms with van der Waals surface area (Å²) in [4.78, 5) is 13.1. The van der Waals surface area contributed by atoms with Gasteiger partial charge in [-0.15, -0.1) is 0 Å². The van der Waals surface area contributed by atoms with Crippen LogP contribution in [0.2, 0.25) is 10.0 Å². The van der Waals surface area contributed by atoms with Crippen LogP contribution in [0.3, 0.4) is 0 Å². The first-order chi connectivity index (χ1) is 15.6. The highest BCUT2D eigenvalue weighted by molar-refractivity contribution is 9.10. The highest BCUT2D eigenvalue weighted by Crippen LogP contribution is 2.28. The van der Waals surface area contributed by atoms with Crippen LogP contribution >= 0.6 is 39.1 Å². The Morgan fingerprint density at radius 2 is 1.73 bits per heavy atom. The van der Waals surface area contributed by atoms with Gasteiger partial charge in [0.15, 0.2) is 0 Å². The van der Waals surface area contributed by atoms with Crippen molar-refractivity contribution in [3.8, 4) is 0 Å². The number of hydrogen-bond donors (Lipinski definition) is 1. The third-order valence-electron chi connectivity index (χ3n) is 5.09. The number of nitrogens with zero attached hydrogens (tertiary/aromatic N) is 1. The molecule has 0 heterocycles. The van der Waals surface area contributed by atoms with Gasteiger partial charge in [-0.25, -0.2) is 8.42 Å². The molecule has 0 unspecified atom stereocenters. The van der Waals surface area contributed by atoms with Gasteiger partial charge in [0.1, 0.15) is 0 Å². The standard InChI is InChI=1S/C24H23BrCl2N2O3S/c1-3-17-12-19(25)11-16(2)24(17)28-23(30)15-29(14-18-9-10-20(26)13-22(18)27)33(31,32)21-7-5-4-6-8-21/h4-13H,3,14-15H2,1-2H3,(H,28,30). The summed E-state index contributed by atoms with van der Waals surface area (Å²) in [6.07, 6.45) is 0.711. The van der Waals surface area contributed by atoms with Crippen molar-refractivity contribution in [3.05, 3.63) is 91.9 Å². The zero-order valence-corrected chi connectivity index (χ0v) is 22.0. The Balaban J connectivity index is 1.94. The molecule has 0 saturated heterocycles. The molecule has 3 aromatic rings. The topological polar surface area (TPSA) is 66.5 Å². The lowest BCUT2D eigenvalue weighted by Crippen LogP contribution is -2.37. The molecular formula is C24H23BrCl2N2O3S. The monoisotopic (exact) mass is 568 g/mol. The number of anilines is 1. The average Bonchev–Trinajstić information content (AvgIpc) is 2.77. The molecule has 0 aliphatic carbocycles. The van der Waals surface area contributed by atoms with E-state index in [1.807, 2.05) is 26.0 Å². The molecule has 174 valence electrons. The Hall–Kier alpha value is -1.90. The molecule has 9 heteroatoms. The zero-order chi connectivity index (χ0) is 24.2. The van der Waals surface area contributed by atoms with Crippen LogP contribution in [0.25, 0.3) is 0 Å². The fourth-order valence-corrected chi connectivity index (χ4v) is 5.90.